The van der Waals surface area contributed by atoms with Crippen LogP contribution in [0.3, 0.4) is 0 Å². The van der Waals surface area contributed by atoms with Crippen molar-refractivity contribution in [3.63, 3.8) is 0 Å². The minimum atomic E-state index is -0.0572. The fourth-order valence-electron chi connectivity index (χ4n) is 1.33. The van der Waals surface area contributed by atoms with Crippen LogP contribution in [0.4, 0.5) is 0 Å². The predicted molar refractivity (Wildman–Crippen MR) is 64.0 cm³/mol. The van der Waals surface area contributed by atoms with E-state index >= 15 is 0 Å². The quantitative estimate of drug-likeness (QED) is 0.855. The molecule has 84 valence electrons. The summed E-state index contributed by atoms with van der Waals surface area (Å²) >= 11 is 7.19. The molecule has 0 saturated heterocycles. The number of carbonyl (C=O) groups excluding carboxylic acids is 1. The van der Waals surface area contributed by atoms with Crippen LogP contribution in [0.5, 0.6) is 0 Å². The Morgan fingerprint density at radius 3 is 2.75 bits per heavy atom. The molecule has 0 bridgehead atoms. The lowest BCUT2D eigenvalue weighted by Crippen LogP contribution is -2.00. The van der Waals surface area contributed by atoms with E-state index in [1.807, 2.05) is 6.07 Å². The van der Waals surface area contributed by atoms with E-state index in [0.717, 1.165) is 4.88 Å². The molecule has 0 aliphatic rings. The molecule has 2 N–H and O–H groups in total. The molecule has 0 aliphatic heterocycles. The number of hydrogen-bond acceptors (Lipinski definition) is 4. The predicted octanol–water partition coefficient (Wildman–Crippen LogP) is 2.88. The van der Waals surface area contributed by atoms with Crippen molar-refractivity contribution >= 4 is 28.7 Å². The largest absolute Gasteiger partial charge is 0.457 e. The molecule has 5 heteroatoms. The Morgan fingerprint density at radius 1 is 1.38 bits per heavy atom. The van der Waals surface area contributed by atoms with E-state index in [4.69, 9.17) is 21.8 Å². The van der Waals surface area contributed by atoms with Gasteiger partial charge in [-0.2, -0.15) is 0 Å². The number of rotatable bonds is 4. The van der Waals surface area contributed by atoms with Gasteiger partial charge in [0.05, 0.1) is 10.9 Å². The molecule has 0 fully saturated rings. The van der Waals surface area contributed by atoms with Crippen LogP contribution in [0.2, 0.25) is 4.34 Å². The van der Waals surface area contributed by atoms with Gasteiger partial charge in [0.2, 0.25) is 5.78 Å². The number of nitrogens with two attached hydrogens (primary N) is 1. The number of halogens is 1. The van der Waals surface area contributed by atoms with Gasteiger partial charge in [-0.25, -0.2) is 0 Å². The molecule has 0 amide bonds. The molecule has 0 saturated carbocycles. The molecule has 2 aromatic heterocycles. The summed E-state index contributed by atoms with van der Waals surface area (Å²) in [5.41, 5.74) is 5.40. The van der Waals surface area contributed by atoms with Crippen molar-refractivity contribution in [1.82, 2.24) is 0 Å². The second-order valence-electron chi connectivity index (χ2n) is 3.28. The number of Topliss-reactive ketones (excluding diaryl/α,β-unsaturated/α-hetero) is 1. The molecule has 16 heavy (non-hydrogen) atoms. The van der Waals surface area contributed by atoms with Crippen molar-refractivity contribution in [2.75, 3.05) is 0 Å². The Labute approximate surface area is 102 Å². The molecule has 0 atom stereocenters. The van der Waals surface area contributed by atoms with E-state index in [2.05, 4.69) is 0 Å². The minimum absolute atomic E-state index is 0.0572. The number of hydrogen-bond donors (Lipinski definition) is 1. The molecule has 0 radical (unpaired) electrons. The Bertz CT molecular complexity index is 504. The third kappa shape index (κ3) is 2.52. The number of thiophene rings is 1. The first-order valence-corrected chi connectivity index (χ1v) is 5.94. The van der Waals surface area contributed by atoms with E-state index < -0.39 is 0 Å². The summed E-state index contributed by atoms with van der Waals surface area (Å²) in [5.74, 6) is 0.913. The highest BCUT2D eigenvalue weighted by atomic mass is 35.5. The topological polar surface area (TPSA) is 56.2 Å². The van der Waals surface area contributed by atoms with Crippen LogP contribution in [0.25, 0.3) is 0 Å². The summed E-state index contributed by atoms with van der Waals surface area (Å²) in [6.07, 6.45) is 0.314. The molecular weight excluding hydrogens is 246 g/mol. The second kappa shape index (κ2) is 4.82. The smallest absolute Gasteiger partial charge is 0.203 e. The summed E-state index contributed by atoms with van der Waals surface area (Å²) in [6, 6.07) is 6.99. The van der Waals surface area contributed by atoms with Gasteiger partial charge in [-0.15, -0.1) is 11.3 Å². The van der Waals surface area contributed by atoms with Crippen molar-refractivity contribution in [2.45, 2.75) is 13.0 Å². The normalized spacial score (nSPS) is 10.6. The maximum absolute atomic E-state index is 11.8. The lowest BCUT2D eigenvalue weighted by molar-refractivity contribution is 0.0965. The number of furan rings is 1. The van der Waals surface area contributed by atoms with Gasteiger partial charge >= 0.3 is 0 Å². The maximum Gasteiger partial charge on any atom is 0.203 e. The van der Waals surface area contributed by atoms with Gasteiger partial charge < -0.3 is 10.2 Å². The maximum atomic E-state index is 11.8. The van der Waals surface area contributed by atoms with E-state index in [1.54, 1.807) is 18.2 Å². The Morgan fingerprint density at radius 2 is 2.19 bits per heavy atom. The van der Waals surface area contributed by atoms with Gasteiger partial charge in [-0.1, -0.05) is 11.6 Å². The number of carbonyl (C=O) groups is 1. The fourth-order valence-corrected chi connectivity index (χ4v) is 2.42. The molecule has 0 aliphatic carbocycles. The van der Waals surface area contributed by atoms with E-state index in [1.165, 1.54) is 11.3 Å². The van der Waals surface area contributed by atoms with E-state index in [0.29, 0.717) is 28.8 Å². The van der Waals surface area contributed by atoms with E-state index in [-0.39, 0.29) is 5.78 Å². The first kappa shape index (κ1) is 11.4. The average molecular weight is 256 g/mol. The Kier molecular flexibility index (Phi) is 3.43. The third-order valence-corrected chi connectivity index (χ3v) is 3.33. The highest BCUT2D eigenvalue weighted by molar-refractivity contribution is 7.16. The SMILES string of the molecule is NCc1ccc(C(=O)Cc2ccc(Cl)s2)o1. The van der Waals surface area contributed by atoms with Crippen LogP contribution in [0.1, 0.15) is 21.2 Å². The van der Waals surface area contributed by atoms with Crippen LogP contribution in [0.15, 0.2) is 28.7 Å². The van der Waals surface area contributed by atoms with Crippen LogP contribution in [0, 0.1) is 0 Å². The Hall–Kier alpha value is -1.10. The molecule has 2 aromatic rings. The first-order chi connectivity index (χ1) is 7.69. The van der Waals surface area contributed by atoms with Gasteiger partial charge in [0.1, 0.15) is 5.76 Å². The highest BCUT2D eigenvalue weighted by Gasteiger charge is 2.12. The standard InChI is InChI=1S/C11H10ClNO2S/c12-11-4-2-8(16-11)5-9(14)10-3-1-7(6-13)15-10/h1-4H,5-6,13H2. The lowest BCUT2D eigenvalue weighted by Gasteiger charge is -1.94. The lowest BCUT2D eigenvalue weighted by atomic mass is 10.2. The number of ketones is 1. The highest BCUT2D eigenvalue weighted by Crippen LogP contribution is 2.23. The minimum Gasteiger partial charge on any atom is -0.457 e. The molecule has 0 spiro atoms. The molecule has 2 heterocycles. The second-order valence-corrected chi connectivity index (χ2v) is 5.08. The van der Waals surface area contributed by atoms with Crippen LogP contribution >= 0.6 is 22.9 Å². The molecule has 3 nitrogen and oxygen atoms in total. The van der Waals surface area contributed by atoms with Gasteiger partial charge in [0.15, 0.2) is 5.76 Å². The van der Waals surface area contributed by atoms with Gasteiger partial charge in [-0.3, -0.25) is 4.79 Å². The summed E-state index contributed by atoms with van der Waals surface area (Å²) in [6.45, 7) is 0.304. The Balaban J connectivity index is 2.08. The molecular formula is C11H10ClNO2S. The van der Waals surface area contributed by atoms with Crippen molar-refractivity contribution in [2.24, 2.45) is 5.73 Å². The zero-order valence-electron chi connectivity index (χ0n) is 8.40. The van der Waals surface area contributed by atoms with Gasteiger partial charge in [0, 0.05) is 11.3 Å². The monoisotopic (exact) mass is 255 g/mol. The first-order valence-electron chi connectivity index (χ1n) is 4.75. The fraction of sp³-hybridized carbons (Fsp3) is 0.182. The van der Waals surface area contributed by atoms with Crippen LogP contribution in [-0.4, -0.2) is 5.78 Å². The summed E-state index contributed by atoms with van der Waals surface area (Å²) in [5, 5.41) is 0. The van der Waals surface area contributed by atoms with Gasteiger partial charge in [0.25, 0.3) is 0 Å². The van der Waals surface area contributed by atoms with Crippen LogP contribution in [-0.2, 0) is 13.0 Å². The molecule has 0 aromatic carbocycles. The average Bonchev–Trinajstić information content (AvgIpc) is 2.87. The van der Waals surface area contributed by atoms with Crippen molar-refractivity contribution in [3.8, 4) is 0 Å². The van der Waals surface area contributed by atoms with Crippen molar-refractivity contribution in [1.29, 1.82) is 0 Å². The third-order valence-electron chi connectivity index (χ3n) is 2.10. The van der Waals surface area contributed by atoms with Crippen molar-refractivity contribution < 1.29 is 9.21 Å². The molecule has 2 rings (SSSR count). The summed E-state index contributed by atoms with van der Waals surface area (Å²) in [4.78, 5) is 12.7. The molecule has 0 unspecified atom stereocenters. The summed E-state index contributed by atoms with van der Waals surface area (Å²) in [7, 11) is 0. The summed E-state index contributed by atoms with van der Waals surface area (Å²) < 4.78 is 5.96. The van der Waals surface area contributed by atoms with E-state index in [9.17, 15) is 4.79 Å². The van der Waals surface area contributed by atoms with Crippen molar-refractivity contribution in [3.05, 3.63) is 45.0 Å². The zero-order chi connectivity index (χ0) is 11.5. The van der Waals surface area contributed by atoms with Gasteiger partial charge in [-0.05, 0) is 24.3 Å². The van der Waals surface area contributed by atoms with Crippen LogP contribution < -0.4 is 5.73 Å². The zero-order valence-corrected chi connectivity index (χ0v) is 9.98.